The van der Waals surface area contributed by atoms with Gasteiger partial charge in [-0.2, -0.15) is 0 Å². The lowest BCUT2D eigenvalue weighted by Crippen LogP contribution is -1.97. The molecule has 128 valence electrons. The molecule has 4 nitrogen and oxygen atoms in total. The summed E-state index contributed by atoms with van der Waals surface area (Å²) in [6.07, 6.45) is 0. The van der Waals surface area contributed by atoms with Gasteiger partial charge >= 0.3 is 0 Å². The summed E-state index contributed by atoms with van der Waals surface area (Å²) in [5.74, 6) is 0.638. The number of ether oxygens (including phenoxy) is 1. The summed E-state index contributed by atoms with van der Waals surface area (Å²) in [4.78, 5) is 9.74. The van der Waals surface area contributed by atoms with E-state index in [2.05, 4.69) is 0 Å². The number of rotatable bonds is 4. The first-order valence-corrected chi connectivity index (χ1v) is 8.40. The average molecular weight is 342 g/mol. The van der Waals surface area contributed by atoms with Gasteiger partial charge in [0.15, 0.2) is 0 Å². The molecule has 0 radical (unpaired) electrons. The molecule has 0 atom stereocenters. The molecule has 4 heteroatoms. The first-order chi connectivity index (χ1) is 12.8. The van der Waals surface area contributed by atoms with Crippen LogP contribution in [0.1, 0.15) is 5.56 Å². The third-order valence-corrected chi connectivity index (χ3v) is 4.35. The molecule has 26 heavy (non-hydrogen) atoms. The van der Waals surface area contributed by atoms with Crippen molar-refractivity contribution in [2.24, 2.45) is 0 Å². The van der Waals surface area contributed by atoms with Crippen molar-refractivity contribution in [3.05, 3.63) is 78.4 Å². The maximum absolute atomic E-state index is 9.48. The highest BCUT2D eigenvalue weighted by Gasteiger charge is 2.14. The summed E-state index contributed by atoms with van der Waals surface area (Å²) >= 11 is 0. The average Bonchev–Trinajstić information content (AvgIpc) is 2.73. The lowest BCUT2D eigenvalue weighted by Gasteiger charge is -2.13. The molecule has 0 amide bonds. The quantitative estimate of drug-likeness (QED) is 0.595. The van der Waals surface area contributed by atoms with Gasteiger partial charge in [-0.25, -0.2) is 9.97 Å². The predicted molar refractivity (Wildman–Crippen MR) is 103 cm³/mol. The van der Waals surface area contributed by atoms with Gasteiger partial charge in [-0.1, -0.05) is 54.6 Å². The Kier molecular flexibility index (Phi) is 4.33. The van der Waals surface area contributed by atoms with Crippen LogP contribution in [-0.4, -0.2) is 22.2 Å². The first-order valence-electron chi connectivity index (χ1n) is 8.40. The van der Waals surface area contributed by atoms with Crippen molar-refractivity contribution in [2.75, 3.05) is 7.11 Å². The van der Waals surface area contributed by atoms with E-state index in [0.717, 1.165) is 39.1 Å². The largest absolute Gasteiger partial charge is 0.496 e. The molecule has 0 unspecified atom stereocenters. The van der Waals surface area contributed by atoms with Crippen molar-refractivity contribution >= 4 is 11.0 Å². The number of para-hydroxylation sites is 2. The molecule has 0 aliphatic heterocycles. The maximum atomic E-state index is 9.48. The molecular weight excluding hydrogens is 324 g/mol. The monoisotopic (exact) mass is 342 g/mol. The van der Waals surface area contributed by atoms with Crippen LogP contribution in [0.4, 0.5) is 0 Å². The minimum Gasteiger partial charge on any atom is -0.496 e. The van der Waals surface area contributed by atoms with Gasteiger partial charge in [0.1, 0.15) is 5.75 Å². The number of hydrogen-bond acceptors (Lipinski definition) is 4. The summed E-state index contributed by atoms with van der Waals surface area (Å²) in [6, 6.07) is 23.6. The van der Waals surface area contributed by atoms with Gasteiger partial charge in [-0.15, -0.1) is 0 Å². The van der Waals surface area contributed by atoms with E-state index in [1.165, 1.54) is 0 Å². The molecule has 1 N–H and O–H groups in total. The molecule has 3 aromatic carbocycles. The van der Waals surface area contributed by atoms with Crippen molar-refractivity contribution in [1.29, 1.82) is 0 Å². The fourth-order valence-corrected chi connectivity index (χ4v) is 3.02. The molecular formula is C22H18N2O2. The molecule has 0 saturated heterocycles. The number of aromatic nitrogens is 2. The van der Waals surface area contributed by atoms with Crippen molar-refractivity contribution in [3.8, 4) is 28.3 Å². The Morgan fingerprint density at radius 2 is 1.38 bits per heavy atom. The molecule has 0 spiro atoms. The smallest absolute Gasteiger partial charge is 0.125 e. The summed E-state index contributed by atoms with van der Waals surface area (Å²) in [6.45, 7) is -0.0710. The number of methoxy groups -OCH3 is 1. The number of aliphatic hydroxyl groups excluding tert-OH is 1. The van der Waals surface area contributed by atoms with Crippen LogP contribution in [0.5, 0.6) is 5.75 Å². The van der Waals surface area contributed by atoms with Crippen LogP contribution in [-0.2, 0) is 6.61 Å². The SMILES string of the molecule is COc1cc(-c2nc3ccccc3nc2-c2ccccc2)ccc1CO. The van der Waals surface area contributed by atoms with Gasteiger partial charge in [0.05, 0.1) is 36.1 Å². The van der Waals surface area contributed by atoms with Gasteiger partial charge in [0.25, 0.3) is 0 Å². The van der Waals surface area contributed by atoms with E-state index in [4.69, 9.17) is 14.7 Å². The Morgan fingerprint density at radius 3 is 2.00 bits per heavy atom. The van der Waals surface area contributed by atoms with Gasteiger partial charge in [0, 0.05) is 16.7 Å². The Bertz CT molecular complexity index is 1060. The van der Waals surface area contributed by atoms with Gasteiger partial charge < -0.3 is 9.84 Å². The van der Waals surface area contributed by atoms with Crippen molar-refractivity contribution in [2.45, 2.75) is 6.61 Å². The molecule has 0 aliphatic carbocycles. The number of hydrogen-bond donors (Lipinski definition) is 1. The Morgan fingerprint density at radius 1 is 0.769 bits per heavy atom. The molecule has 4 rings (SSSR count). The highest BCUT2D eigenvalue weighted by atomic mass is 16.5. The fourth-order valence-electron chi connectivity index (χ4n) is 3.02. The van der Waals surface area contributed by atoms with Crippen molar-refractivity contribution in [1.82, 2.24) is 9.97 Å². The normalized spacial score (nSPS) is 10.8. The zero-order valence-corrected chi connectivity index (χ0v) is 14.4. The molecule has 0 fully saturated rings. The molecule has 0 bridgehead atoms. The molecule has 1 heterocycles. The molecule has 0 aliphatic rings. The second-order valence-corrected chi connectivity index (χ2v) is 5.96. The summed E-state index contributed by atoms with van der Waals surface area (Å²) in [5.41, 5.74) is 5.95. The van der Waals surface area contributed by atoms with Gasteiger partial charge in [0.2, 0.25) is 0 Å². The highest BCUT2D eigenvalue weighted by molar-refractivity contribution is 5.86. The van der Waals surface area contributed by atoms with Crippen LogP contribution in [0, 0.1) is 0 Å². The lowest BCUT2D eigenvalue weighted by atomic mass is 10.0. The van der Waals surface area contributed by atoms with Gasteiger partial charge in [-0.05, 0) is 18.2 Å². The Balaban J connectivity index is 1.99. The second kappa shape index (κ2) is 6.94. The lowest BCUT2D eigenvalue weighted by molar-refractivity contribution is 0.274. The minimum atomic E-state index is -0.0710. The molecule has 4 aromatic rings. The first kappa shape index (κ1) is 16.2. The van der Waals surface area contributed by atoms with Crippen molar-refractivity contribution < 1.29 is 9.84 Å². The second-order valence-electron chi connectivity index (χ2n) is 5.96. The van der Waals surface area contributed by atoms with Crippen molar-refractivity contribution in [3.63, 3.8) is 0 Å². The summed E-state index contributed by atoms with van der Waals surface area (Å²) in [5, 5.41) is 9.48. The number of fused-ring (bicyclic) bond motifs is 1. The summed E-state index contributed by atoms with van der Waals surface area (Å²) < 4.78 is 5.42. The van der Waals surface area contributed by atoms with E-state index in [-0.39, 0.29) is 6.61 Å². The van der Waals surface area contributed by atoms with E-state index in [9.17, 15) is 5.11 Å². The maximum Gasteiger partial charge on any atom is 0.125 e. The number of aliphatic hydroxyl groups is 1. The Labute approximate surface area is 151 Å². The topological polar surface area (TPSA) is 55.2 Å². The molecule has 0 saturated carbocycles. The van der Waals surface area contributed by atoms with E-state index >= 15 is 0 Å². The van der Waals surface area contributed by atoms with E-state index < -0.39 is 0 Å². The van der Waals surface area contributed by atoms with Gasteiger partial charge in [-0.3, -0.25) is 0 Å². The van der Waals surface area contributed by atoms with Crippen LogP contribution in [0.3, 0.4) is 0 Å². The van der Waals surface area contributed by atoms with E-state index in [1.54, 1.807) is 7.11 Å². The summed E-state index contributed by atoms with van der Waals surface area (Å²) in [7, 11) is 1.60. The zero-order valence-electron chi connectivity index (χ0n) is 14.4. The van der Waals surface area contributed by atoms with E-state index in [1.807, 2.05) is 72.8 Å². The molecule has 1 aromatic heterocycles. The number of benzene rings is 3. The highest BCUT2D eigenvalue weighted by Crippen LogP contribution is 2.33. The van der Waals surface area contributed by atoms with Crippen LogP contribution in [0.15, 0.2) is 72.8 Å². The van der Waals surface area contributed by atoms with Crippen LogP contribution >= 0.6 is 0 Å². The standard InChI is InChI=1S/C22H18N2O2/c1-26-20-13-16(11-12-17(20)14-25)22-21(15-7-3-2-4-8-15)23-18-9-5-6-10-19(18)24-22/h2-13,25H,14H2,1H3. The van der Waals surface area contributed by atoms with Crippen LogP contribution < -0.4 is 4.74 Å². The predicted octanol–water partition coefficient (Wildman–Crippen LogP) is 4.46. The van der Waals surface area contributed by atoms with E-state index in [0.29, 0.717) is 5.75 Å². The fraction of sp³-hybridized carbons (Fsp3) is 0.0909. The van der Waals surface area contributed by atoms with Crippen LogP contribution in [0.2, 0.25) is 0 Å². The third-order valence-electron chi connectivity index (χ3n) is 4.35. The third kappa shape index (κ3) is 2.91. The minimum absolute atomic E-state index is 0.0710. The number of nitrogens with zero attached hydrogens (tertiary/aromatic N) is 2. The Hall–Kier alpha value is -3.24. The zero-order chi connectivity index (χ0) is 17.9. The van der Waals surface area contributed by atoms with Crippen LogP contribution in [0.25, 0.3) is 33.5 Å².